The summed E-state index contributed by atoms with van der Waals surface area (Å²) in [5.41, 5.74) is 0.394. The number of hydrogen-bond donors (Lipinski definition) is 4. The molecule has 1 aromatic carbocycles. The summed E-state index contributed by atoms with van der Waals surface area (Å²) < 4.78 is 17.9. The lowest BCUT2D eigenvalue weighted by molar-refractivity contribution is -0.145. The molecule has 4 N–H and O–H groups in total. The van der Waals surface area contributed by atoms with Gasteiger partial charge >= 0.3 is 12.1 Å². The van der Waals surface area contributed by atoms with Crippen LogP contribution in [0, 0.1) is 5.92 Å². The number of benzene rings is 1. The second-order valence-corrected chi connectivity index (χ2v) is 16.2. The number of allylic oxidation sites excluding steroid dienone is 1. The molecular weight excluding hydrogens is 725 g/mol. The Morgan fingerprint density at radius 1 is 1.04 bits per heavy atom. The molecule has 0 bridgehead atoms. The quantitative estimate of drug-likeness (QED) is 0.186. The number of alkyl carbamates (subject to hydrolysis) is 1. The Hall–Kier alpha value is -4.92. The fourth-order valence-electron chi connectivity index (χ4n) is 7.90. The Balaban J connectivity index is 1.20. The van der Waals surface area contributed by atoms with Crippen LogP contribution in [0.1, 0.15) is 84.5 Å². The number of fused-ring (bicyclic) bond motifs is 3. The molecule has 4 heterocycles. The molecule has 2 aromatic heterocycles. The van der Waals surface area contributed by atoms with Crippen molar-refractivity contribution in [2.45, 2.75) is 120 Å². The fourth-order valence-corrected chi connectivity index (χ4v) is 8.75. The predicted molar refractivity (Wildman–Crippen MR) is 207 cm³/mol. The van der Waals surface area contributed by atoms with Crippen LogP contribution in [-0.2, 0) is 19.1 Å². The Labute approximate surface area is 324 Å². The van der Waals surface area contributed by atoms with E-state index in [1.165, 1.54) is 16.2 Å². The van der Waals surface area contributed by atoms with Crippen molar-refractivity contribution in [2.24, 2.45) is 5.92 Å². The minimum atomic E-state index is -1.45. The maximum absolute atomic E-state index is 14.5. The molecule has 15 heteroatoms. The Morgan fingerprint density at radius 2 is 1.84 bits per heavy atom. The molecule has 0 radical (unpaired) electrons. The van der Waals surface area contributed by atoms with Gasteiger partial charge in [0.25, 0.3) is 0 Å². The van der Waals surface area contributed by atoms with Crippen LogP contribution in [0.5, 0.6) is 11.5 Å². The SMILES string of the molecule is COc1ccc2c(OC3C[C@H]4C(=O)N[C@]5(C(=O)O)C[C@H]5C=CCCCCCC(NC(=O)OC5CCCC5)C(=O)N4C3)cc(-c3csc(NC(C)C)n3)nc2c1. The van der Waals surface area contributed by atoms with Crippen LogP contribution in [0.2, 0.25) is 0 Å². The van der Waals surface area contributed by atoms with Crippen LogP contribution in [0.25, 0.3) is 22.3 Å². The van der Waals surface area contributed by atoms with Crippen molar-refractivity contribution in [3.05, 3.63) is 41.8 Å². The second-order valence-electron chi connectivity index (χ2n) is 15.4. The number of ether oxygens (including phenoxy) is 3. The van der Waals surface area contributed by atoms with E-state index in [0.29, 0.717) is 46.6 Å². The number of aliphatic carboxylic acids is 1. The van der Waals surface area contributed by atoms with Crippen LogP contribution in [0.15, 0.2) is 41.8 Å². The molecule has 7 rings (SSSR count). The Morgan fingerprint density at radius 3 is 2.60 bits per heavy atom. The number of aromatic nitrogens is 2. The molecule has 4 aliphatic rings. The van der Waals surface area contributed by atoms with Crippen molar-refractivity contribution in [3.8, 4) is 22.9 Å². The number of carbonyl (C=O) groups is 4. The molecule has 2 saturated carbocycles. The van der Waals surface area contributed by atoms with Gasteiger partial charge in [-0.15, -0.1) is 11.3 Å². The first-order chi connectivity index (χ1) is 26.5. The zero-order valence-corrected chi connectivity index (χ0v) is 32.4. The summed E-state index contributed by atoms with van der Waals surface area (Å²) in [6.07, 6.45) is 9.71. The number of nitrogens with one attached hydrogen (secondary N) is 3. The number of pyridine rings is 1. The van der Waals surface area contributed by atoms with E-state index in [1.54, 1.807) is 7.11 Å². The van der Waals surface area contributed by atoms with Gasteiger partial charge in [0.1, 0.15) is 47.0 Å². The van der Waals surface area contributed by atoms with E-state index < -0.39 is 47.6 Å². The van der Waals surface area contributed by atoms with Crippen LogP contribution >= 0.6 is 11.3 Å². The van der Waals surface area contributed by atoms with Crippen LogP contribution in [-0.4, -0.2) is 93.4 Å². The Kier molecular flexibility index (Phi) is 11.5. The molecule has 5 atom stereocenters. The number of nitrogens with zero attached hydrogens (tertiary/aromatic N) is 3. The van der Waals surface area contributed by atoms with Crippen molar-refractivity contribution in [3.63, 3.8) is 0 Å². The minimum Gasteiger partial charge on any atom is -0.497 e. The average Bonchev–Trinajstić information content (AvgIpc) is 3.58. The van der Waals surface area contributed by atoms with Crippen molar-refractivity contribution in [1.29, 1.82) is 0 Å². The number of hydrogen-bond acceptors (Lipinski definition) is 11. The molecule has 1 saturated heterocycles. The highest BCUT2D eigenvalue weighted by Gasteiger charge is 2.61. The van der Waals surface area contributed by atoms with Gasteiger partial charge in [0, 0.05) is 41.3 Å². The summed E-state index contributed by atoms with van der Waals surface area (Å²) in [4.78, 5) is 65.5. The summed E-state index contributed by atoms with van der Waals surface area (Å²) in [7, 11) is 1.58. The second kappa shape index (κ2) is 16.4. The number of methoxy groups -OCH3 is 1. The van der Waals surface area contributed by atoms with Gasteiger partial charge in [0.05, 0.1) is 24.9 Å². The molecule has 0 spiro atoms. The molecule has 3 amide bonds. The molecule has 2 aliphatic heterocycles. The summed E-state index contributed by atoms with van der Waals surface area (Å²) in [5, 5.41) is 22.6. The zero-order chi connectivity index (χ0) is 38.7. The van der Waals surface area contributed by atoms with Gasteiger partial charge in [-0.05, 0) is 77.3 Å². The van der Waals surface area contributed by atoms with Crippen molar-refractivity contribution in [2.75, 3.05) is 19.0 Å². The lowest BCUT2D eigenvalue weighted by Gasteiger charge is -2.29. The number of carboxylic acids is 1. The van der Waals surface area contributed by atoms with E-state index in [2.05, 4.69) is 16.0 Å². The molecule has 2 unspecified atom stereocenters. The lowest BCUT2D eigenvalue weighted by Crippen LogP contribution is -2.56. The maximum atomic E-state index is 14.5. The van der Waals surface area contributed by atoms with Gasteiger partial charge in [-0.3, -0.25) is 9.59 Å². The summed E-state index contributed by atoms with van der Waals surface area (Å²) in [6.45, 7) is 4.11. The highest BCUT2D eigenvalue weighted by Crippen LogP contribution is 2.45. The van der Waals surface area contributed by atoms with Gasteiger partial charge in [0.2, 0.25) is 11.8 Å². The van der Waals surface area contributed by atoms with Crippen LogP contribution in [0.4, 0.5) is 9.93 Å². The molecule has 14 nitrogen and oxygen atoms in total. The smallest absolute Gasteiger partial charge is 0.408 e. The topological polar surface area (TPSA) is 181 Å². The van der Waals surface area contributed by atoms with E-state index in [-0.39, 0.29) is 37.5 Å². The van der Waals surface area contributed by atoms with Gasteiger partial charge in [-0.25, -0.2) is 19.6 Å². The van der Waals surface area contributed by atoms with E-state index in [4.69, 9.17) is 24.2 Å². The lowest BCUT2D eigenvalue weighted by atomic mass is 10.0. The number of amides is 3. The third kappa shape index (κ3) is 8.66. The monoisotopic (exact) mass is 774 g/mol. The number of carboxylic acid groups (broad SMARTS) is 1. The van der Waals surface area contributed by atoms with Crippen molar-refractivity contribution < 1.29 is 38.5 Å². The molecule has 294 valence electrons. The first kappa shape index (κ1) is 38.4. The van der Waals surface area contributed by atoms with E-state index >= 15 is 0 Å². The maximum Gasteiger partial charge on any atom is 0.408 e. The summed E-state index contributed by atoms with van der Waals surface area (Å²) in [5.74, 6) is -1.37. The van der Waals surface area contributed by atoms with Gasteiger partial charge in [0.15, 0.2) is 5.13 Å². The van der Waals surface area contributed by atoms with Crippen LogP contribution < -0.4 is 25.4 Å². The largest absolute Gasteiger partial charge is 0.497 e. The summed E-state index contributed by atoms with van der Waals surface area (Å²) in [6, 6.07) is 5.50. The van der Waals surface area contributed by atoms with E-state index in [1.807, 2.05) is 55.6 Å². The normalized spacial score (nSPS) is 26.1. The van der Waals surface area contributed by atoms with Gasteiger partial charge < -0.3 is 40.2 Å². The molecule has 55 heavy (non-hydrogen) atoms. The highest BCUT2D eigenvalue weighted by atomic mass is 32.1. The standard InChI is InChI=1S/C40H50N6O8S/c1-23(2)41-38-43-32(22-55-38)31-19-34(28-16-15-26(52-3)17-30(28)42-31)53-27-18-33-35(47)45-40(37(49)50)20-24(40)11-7-5-4-6-8-14-29(36(48)46(33)21-27)44-39(51)54-25-12-9-10-13-25/h7,11,15-17,19,22-25,27,29,33H,4-6,8-10,12-14,18,20-21H2,1-3H3,(H,41,43)(H,44,51)(H,45,47)(H,49,50)/t24-,27?,29?,33+,40-/m1/s1. The van der Waals surface area contributed by atoms with Crippen molar-refractivity contribution in [1.82, 2.24) is 25.5 Å². The average molecular weight is 775 g/mol. The minimum absolute atomic E-state index is 0.0324. The first-order valence-electron chi connectivity index (χ1n) is 19.4. The van der Waals surface area contributed by atoms with Gasteiger partial charge in [-0.1, -0.05) is 25.0 Å². The molecule has 3 fully saturated rings. The molecule has 2 aliphatic carbocycles. The Bertz CT molecular complexity index is 1940. The molecule has 3 aromatic rings. The van der Waals surface area contributed by atoms with E-state index in [9.17, 15) is 24.3 Å². The van der Waals surface area contributed by atoms with Gasteiger partial charge in [-0.2, -0.15) is 0 Å². The van der Waals surface area contributed by atoms with E-state index in [0.717, 1.165) is 50.1 Å². The summed E-state index contributed by atoms with van der Waals surface area (Å²) >= 11 is 1.47. The van der Waals surface area contributed by atoms with Crippen molar-refractivity contribution >= 4 is 51.2 Å². The zero-order valence-electron chi connectivity index (χ0n) is 31.5. The first-order valence-corrected chi connectivity index (χ1v) is 20.3. The predicted octanol–water partition coefficient (Wildman–Crippen LogP) is 6.05. The number of carbonyl (C=O) groups excluding carboxylic acids is 3. The highest BCUT2D eigenvalue weighted by molar-refractivity contribution is 7.14. The number of anilines is 1. The third-order valence-corrected chi connectivity index (χ3v) is 11.7. The number of rotatable bonds is 9. The number of thiazole rings is 1. The van der Waals surface area contributed by atoms with Crippen LogP contribution in [0.3, 0.4) is 0 Å². The fraction of sp³-hybridized carbons (Fsp3) is 0.550. The molecular formula is C40H50N6O8S. The third-order valence-electron chi connectivity index (χ3n) is 10.9.